The molecule has 1 heterocycles. The summed E-state index contributed by atoms with van der Waals surface area (Å²) < 4.78 is 0. The van der Waals surface area contributed by atoms with Crippen LogP contribution in [0.15, 0.2) is 72.8 Å². The minimum atomic E-state index is 0. The van der Waals surface area contributed by atoms with E-state index in [1.165, 1.54) is 56.1 Å². The van der Waals surface area contributed by atoms with Crippen LogP contribution in [0.1, 0.15) is 136 Å². The van der Waals surface area contributed by atoms with Crippen molar-refractivity contribution in [1.29, 1.82) is 0 Å². The molecule has 3 aromatic carbocycles. The topological polar surface area (TPSA) is 12.0 Å². The standard InChI is InChI=1S/C9H11N.2C9H10.3C4H10.2C2H6.CH3.W/c1-2-4-9-7-10-6-5-8(9)3-1;2*1-2-5-9-7-3-6-8(9)4-1;3*1-4(2)3;2*1-2;;/h1-4,10H,5-7H2;2*1-2,4-5H,3,6-7H2;3*4H,1-3H3;2*1-2H3;1H3;/q;;;;;;;;-1;. The van der Waals surface area contributed by atoms with Crippen molar-refractivity contribution in [2.75, 3.05) is 6.54 Å². The molecule has 0 fully saturated rings. The molecule has 3 aromatic rings. The third kappa shape index (κ3) is 28.5. The zero-order chi connectivity index (χ0) is 33.8. The molecule has 0 atom stereocenters. The summed E-state index contributed by atoms with van der Waals surface area (Å²) >= 11 is 0. The molecule has 0 radical (unpaired) electrons. The normalized spacial score (nSPS) is 12.3. The molecule has 3 aliphatic rings. The first kappa shape index (κ1) is 51.1. The number of benzene rings is 3. The molecule has 6 rings (SSSR count). The first-order valence-electron chi connectivity index (χ1n) is 18.0. The third-order valence-electron chi connectivity index (χ3n) is 6.03. The van der Waals surface area contributed by atoms with Crippen LogP contribution < -0.4 is 5.32 Å². The van der Waals surface area contributed by atoms with Crippen LogP contribution in [0.2, 0.25) is 0 Å². The Morgan fingerprint density at radius 2 is 0.630 bits per heavy atom. The van der Waals surface area contributed by atoms with Gasteiger partial charge < -0.3 is 12.7 Å². The summed E-state index contributed by atoms with van der Waals surface area (Å²) in [4.78, 5) is 0. The average Bonchev–Trinajstić information content (AvgIpc) is 3.69. The van der Waals surface area contributed by atoms with Crippen LogP contribution in [-0.2, 0) is 59.7 Å². The van der Waals surface area contributed by atoms with Crippen molar-refractivity contribution in [3.05, 3.63) is 114 Å². The molecular formula is C44H76NW-. The van der Waals surface area contributed by atoms with Crippen molar-refractivity contribution in [2.24, 2.45) is 17.8 Å². The van der Waals surface area contributed by atoms with E-state index in [9.17, 15) is 0 Å². The maximum atomic E-state index is 3.34. The van der Waals surface area contributed by atoms with Gasteiger partial charge in [0.15, 0.2) is 0 Å². The molecule has 2 aliphatic carbocycles. The van der Waals surface area contributed by atoms with Crippen LogP contribution in [0.25, 0.3) is 0 Å². The molecule has 264 valence electrons. The van der Waals surface area contributed by atoms with E-state index in [4.69, 9.17) is 0 Å². The smallest absolute Gasteiger partial charge is 0.0208 e. The van der Waals surface area contributed by atoms with Gasteiger partial charge in [-0.05, 0) is 103 Å². The fourth-order valence-corrected chi connectivity index (χ4v) is 4.45. The van der Waals surface area contributed by atoms with Gasteiger partial charge in [0.1, 0.15) is 0 Å². The van der Waals surface area contributed by atoms with Gasteiger partial charge in [-0.2, -0.15) is 0 Å². The first-order valence-corrected chi connectivity index (χ1v) is 18.0. The number of hydrogen-bond donors (Lipinski definition) is 1. The number of aryl methyl sites for hydroxylation is 4. The molecule has 0 spiro atoms. The van der Waals surface area contributed by atoms with Crippen LogP contribution >= 0.6 is 0 Å². The molecule has 0 saturated carbocycles. The number of hydrogen-bond acceptors (Lipinski definition) is 1. The Bertz CT molecular complexity index is 894. The summed E-state index contributed by atoms with van der Waals surface area (Å²) in [5, 5.41) is 3.34. The SMILES string of the molecule is CC.CC.CC(C)C.CC(C)C.CC(C)C.[CH3-].[W].c1ccc2c(c1)CCC2.c1ccc2c(c1)CCC2.c1ccc2c(c1)CCNC2. The second-order valence-electron chi connectivity index (χ2n) is 13.1. The minimum Gasteiger partial charge on any atom is -0.358 e. The number of rotatable bonds is 0. The Balaban J connectivity index is -0.000000232. The van der Waals surface area contributed by atoms with Crippen molar-refractivity contribution in [1.82, 2.24) is 5.32 Å². The fourth-order valence-electron chi connectivity index (χ4n) is 4.45. The summed E-state index contributed by atoms with van der Waals surface area (Å²) in [5.74, 6) is 2.50. The first-order chi connectivity index (χ1) is 21.1. The zero-order valence-electron chi connectivity index (χ0n) is 32.9. The van der Waals surface area contributed by atoms with Crippen molar-refractivity contribution in [2.45, 2.75) is 141 Å². The maximum Gasteiger partial charge on any atom is 0.0208 e. The summed E-state index contributed by atoms with van der Waals surface area (Å²) in [6.07, 6.45) is 9.12. The molecule has 2 heteroatoms. The van der Waals surface area contributed by atoms with Gasteiger partial charge in [0.25, 0.3) is 0 Å². The molecule has 1 nitrogen and oxygen atoms in total. The van der Waals surface area contributed by atoms with Gasteiger partial charge >= 0.3 is 0 Å². The van der Waals surface area contributed by atoms with E-state index in [0.29, 0.717) is 0 Å². The van der Waals surface area contributed by atoms with Gasteiger partial charge in [-0.3, -0.25) is 0 Å². The van der Waals surface area contributed by atoms with Crippen molar-refractivity contribution in [3.63, 3.8) is 0 Å². The molecule has 1 aliphatic heterocycles. The molecule has 46 heavy (non-hydrogen) atoms. The summed E-state index contributed by atoms with van der Waals surface area (Å²) in [6, 6.07) is 26.1. The quantitative estimate of drug-likeness (QED) is 0.223. The Labute approximate surface area is 304 Å². The van der Waals surface area contributed by atoms with E-state index in [1.54, 1.807) is 22.3 Å². The van der Waals surface area contributed by atoms with E-state index in [-0.39, 0.29) is 28.5 Å². The largest absolute Gasteiger partial charge is 0.358 e. The zero-order valence-corrected chi connectivity index (χ0v) is 35.9. The predicted molar refractivity (Wildman–Crippen MR) is 209 cm³/mol. The maximum absolute atomic E-state index is 3.34. The molecule has 0 amide bonds. The monoisotopic (exact) mass is 803 g/mol. The van der Waals surface area contributed by atoms with Gasteiger partial charge in [-0.15, -0.1) is 0 Å². The van der Waals surface area contributed by atoms with E-state index >= 15 is 0 Å². The van der Waals surface area contributed by atoms with E-state index in [0.717, 1.165) is 30.8 Å². The Kier molecular flexibility index (Phi) is 38.5. The third-order valence-corrected chi connectivity index (χ3v) is 6.03. The fraction of sp³-hybridized carbons (Fsp3) is 0.568. The van der Waals surface area contributed by atoms with Crippen molar-refractivity contribution in [3.8, 4) is 0 Å². The summed E-state index contributed by atoms with van der Waals surface area (Å²) in [6.45, 7) is 29.7. The molecule has 0 unspecified atom stereocenters. The van der Waals surface area contributed by atoms with E-state index in [2.05, 4.69) is 140 Å². The molecule has 0 saturated heterocycles. The van der Waals surface area contributed by atoms with Gasteiger partial charge in [0.05, 0.1) is 0 Å². The molecule has 0 bridgehead atoms. The van der Waals surface area contributed by atoms with Gasteiger partial charge in [0, 0.05) is 27.6 Å². The minimum absolute atomic E-state index is 0. The number of fused-ring (bicyclic) bond motifs is 3. The van der Waals surface area contributed by atoms with Gasteiger partial charge in [0.2, 0.25) is 0 Å². The second-order valence-corrected chi connectivity index (χ2v) is 13.1. The predicted octanol–water partition coefficient (Wildman–Crippen LogP) is 13.2. The van der Waals surface area contributed by atoms with E-state index < -0.39 is 0 Å². The van der Waals surface area contributed by atoms with Crippen molar-refractivity contribution < 1.29 is 21.1 Å². The molecule has 0 aromatic heterocycles. The Morgan fingerprint density at radius 3 is 0.870 bits per heavy atom. The van der Waals surface area contributed by atoms with Crippen molar-refractivity contribution >= 4 is 0 Å². The summed E-state index contributed by atoms with van der Waals surface area (Å²) in [7, 11) is 0. The Morgan fingerprint density at radius 1 is 0.413 bits per heavy atom. The average molecular weight is 803 g/mol. The van der Waals surface area contributed by atoms with Crippen LogP contribution in [0.4, 0.5) is 0 Å². The van der Waals surface area contributed by atoms with Crippen LogP contribution in [0.3, 0.4) is 0 Å². The Hall–Kier alpha value is -1.69. The van der Waals surface area contributed by atoms with Crippen LogP contribution in [0.5, 0.6) is 0 Å². The van der Waals surface area contributed by atoms with E-state index in [1.807, 2.05) is 27.7 Å². The molecule has 1 N–H and O–H groups in total. The van der Waals surface area contributed by atoms with Crippen LogP contribution in [0, 0.1) is 25.2 Å². The van der Waals surface area contributed by atoms with Crippen LogP contribution in [-0.4, -0.2) is 6.54 Å². The molecular weight excluding hydrogens is 726 g/mol. The second kappa shape index (κ2) is 34.6. The summed E-state index contributed by atoms with van der Waals surface area (Å²) in [5.41, 5.74) is 9.25. The van der Waals surface area contributed by atoms with Gasteiger partial charge in [-0.25, -0.2) is 0 Å². The van der Waals surface area contributed by atoms with Gasteiger partial charge in [-0.1, -0.05) is 163 Å². The number of nitrogens with one attached hydrogen (secondary N) is 1.